The Morgan fingerprint density at radius 3 is 2.67 bits per heavy atom. The van der Waals surface area contributed by atoms with Crippen LogP contribution >= 0.6 is 11.6 Å². The Morgan fingerprint density at radius 2 is 1.88 bits per heavy atom. The van der Waals surface area contributed by atoms with E-state index >= 15 is 0 Å². The molecule has 4 heteroatoms. The van der Waals surface area contributed by atoms with E-state index in [1.807, 2.05) is 24.3 Å². The monoisotopic (exact) mass is 338 g/mol. The molecule has 120 valence electrons. The zero-order valence-corrected chi connectivity index (χ0v) is 14.2. The molecule has 0 bridgehead atoms. The molecule has 2 heterocycles. The lowest BCUT2D eigenvalue weighted by atomic mass is 10.00. The molecule has 0 spiro atoms. The van der Waals surface area contributed by atoms with E-state index in [0.717, 1.165) is 16.9 Å². The topological polar surface area (TPSA) is 17.3 Å². The summed E-state index contributed by atoms with van der Waals surface area (Å²) in [7, 11) is 0. The maximum Gasteiger partial charge on any atom is 0.132 e. The van der Waals surface area contributed by atoms with Gasteiger partial charge in [-0.15, -0.1) is 0 Å². The van der Waals surface area contributed by atoms with Crippen molar-refractivity contribution in [3.8, 4) is 5.69 Å². The summed E-state index contributed by atoms with van der Waals surface area (Å²) in [5.74, 6) is -0.276. The molecule has 1 aromatic heterocycles. The van der Waals surface area contributed by atoms with Crippen LogP contribution < -0.4 is 0 Å². The van der Waals surface area contributed by atoms with Crippen LogP contribution in [0.1, 0.15) is 27.9 Å². The highest BCUT2D eigenvalue weighted by atomic mass is 35.5. The molecule has 4 rings (SSSR count). The maximum atomic E-state index is 14.4. The largest absolute Gasteiger partial charge is 0.318 e. The Hall–Kier alpha value is -2.39. The van der Waals surface area contributed by atoms with E-state index in [1.54, 1.807) is 12.1 Å². The predicted molar refractivity (Wildman–Crippen MR) is 96.0 cm³/mol. The molecule has 1 aliphatic rings. The summed E-state index contributed by atoms with van der Waals surface area (Å²) in [6.07, 6.45) is 2.11. The summed E-state index contributed by atoms with van der Waals surface area (Å²) >= 11 is 6.23. The molecule has 0 radical (unpaired) electrons. The highest BCUT2D eigenvalue weighted by molar-refractivity contribution is 6.31. The van der Waals surface area contributed by atoms with Crippen LogP contribution in [0.2, 0.25) is 5.02 Å². The molecule has 2 aromatic carbocycles. The molecule has 0 aliphatic carbocycles. The number of hydrogen-bond acceptors (Lipinski definition) is 1. The Bertz CT molecular complexity index is 985. The van der Waals surface area contributed by atoms with Crippen molar-refractivity contribution < 1.29 is 4.39 Å². The molecule has 0 fully saturated rings. The Morgan fingerprint density at radius 1 is 1.08 bits per heavy atom. The SMILES string of the molecule is Cc1cn2c(c1C)CN=C(c1ccccc1F)c1cc(Cl)ccc1-2. The van der Waals surface area contributed by atoms with Gasteiger partial charge in [0.25, 0.3) is 0 Å². The van der Waals surface area contributed by atoms with E-state index < -0.39 is 0 Å². The van der Waals surface area contributed by atoms with Gasteiger partial charge in [-0.25, -0.2) is 4.39 Å². The third kappa shape index (κ3) is 2.28. The fourth-order valence-corrected chi connectivity index (χ4v) is 3.39. The molecule has 3 aromatic rings. The zero-order chi connectivity index (χ0) is 16.8. The van der Waals surface area contributed by atoms with E-state index in [-0.39, 0.29) is 5.82 Å². The first-order valence-electron chi connectivity index (χ1n) is 7.83. The average Bonchev–Trinajstić information content (AvgIpc) is 2.76. The number of halogens is 2. The number of fused-ring (bicyclic) bond motifs is 3. The number of rotatable bonds is 1. The van der Waals surface area contributed by atoms with Crippen LogP contribution in [-0.2, 0) is 6.54 Å². The lowest BCUT2D eigenvalue weighted by molar-refractivity contribution is 0.625. The number of benzene rings is 2. The molecule has 2 nitrogen and oxygen atoms in total. The van der Waals surface area contributed by atoms with Crippen LogP contribution in [0.15, 0.2) is 53.7 Å². The minimum atomic E-state index is -0.276. The third-order valence-electron chi connectivity index (χ3n) is 4.63. The van der Waals surface area contributed by atoms with Crippen molar-refractivity contribution >= 4 is 17.3 Å². The van der Waals surface area contributed by atoms with Gasteiger partial charge in [0.15, 0.2) is 0 Å². The summed E-state index contributed by atoms with van der Waals surface area (Å²) in [5, 5.41) is 0.613. The van der Waals surface area contributed by atoms with Crippen LogP contribution in [0.5, 0.6) is 0 Å². The van der Waals surface area contributed by atoms with Crippen molar-refractivity contribution in [1.82, 2.24) is 4.57 Å². The number of aliphatic imine (C=N–C) groups is 1. The standard InChI is InChI=1S/C20H16ClFN2/c1-12-11-24-18-8-7-14(21)9-16(18)20(23-10-19(24)13(12)2)15-5-3-4-6-17(15)22/h3-9,11H,10H2,1-2H3. The zero-order valence-electron chi connectivity index (χ0n) is 13.5. The van der Waals surface area contributed by atoms with Crippen LogP contribution in [0.4, 0.5) is 4.39 Å². The van der Waals surface area contributed by atoms with Gasteiger partial charge in [0.05, 0.1) is 17.9 Å². The van der Waals surface area contributed by atoms with Gasteiger partial charge in [-0.1, -0.05) is 23.7 Å². The van der Waals surface area contributed by atoms with Crippen molar-refractivity contribution in [1.29, 1.82) is 0 Å². The van der Waals surface area contributed by atoms with Crippen molar-refractivity contribution in [3.63, 3.8) is 0 Å². The summed E-state index contributed by atoms with van der Waals surface area (Å²) < 4.78 is 16.5. The molecule has 0 atom stereocenters. The molecular formula is C20H16ClFN2. The van der Waals surface area contributed by atoms with Crippen molar-refractivity contribution in [2.24, 2.45) is 4.99 Å². The molecule has 0 saturated heterocycles. The van der Waals surface area contributed by atoms with E-state index in [1.165, 1.54) is 17.2 Å². The van der Waals surface area contributed by atoms with Gasteiger partial charge in [-0.2, -0.15) is 0 Å². The highest BCUT2D eigenvalue weighted by Crippen LogP contribution is 2.31. The fourth-order valence-electron chi connectivity index (χ4n) is 3.22. The van der Waals surface area contributed by atoms with Crippen molar-refractivity contribution in [3.05, 3.63) is 87.4 Å². The number of hydrogen-bond donors (Lipinski definition) is 0. The van der Waals surface area contributed by atoms with Crippen LogP contribution in [0.25, 0.3) is 5.69 Å². The van der Waals surface area contributed by atoms with Crippen molar-refractivity contribution in [2.75, 3.05) is 0 Å². The van der Waals surface area contributed by atoms with Crippen LogP contribution in [0, 0.1) is 19.7 Å². The molecule has 0 amide bonds. The Balaban J connectivity index is 2.03. The van der Waals surface area contributed by atoms with Crippen LogP contribution in [0.3, 0.4) is 0 Å². The third-order valence-corrected chi connectivity index (χ3v) is 4.86. The van der Waals surface area contributed by atoms with Crippen LogP contribution in [-0.4, -0.2) is 10.3 Å². The normalized spacial score (nSPS) is 13.1. The molecule has 0 saturated carbocycles. The predicted octanol–water partition coefficient (Wildman–Crippen LogP) is 5.24. The quantitative estimate of drug-likeness (QED) is 0.577. The Labute approximate surface area is 145 Å². The van der Waals surface area contributed by atoms with E-state index in [0.29, 0.717) is 22.8 Å². The number of aryl methyl sites for hydroxylation is 1. The maximum absolute atomic E-state index is 14.4. The van der Waals surface area contributed by atoms with Gasteiger partial charge in [0, 0.05) is 28.0 Å². The first kappa shape index (κ1) is 15.2. The summed E-state index contributed by atoms with van der Waals surface area (Å²) in [6, 6.07) is 12.4. The van der Waals surface area contributed by atoms with E-state index in [9.17, 15) is 4.39 Å². The molecule has 24 heavy (non-hydrogen) atoms. The molecule has 0 N–H and O–H groups in total. The lowest BCUT2D eigenvalue weighted by Gasteiger charge is -2.13. The minimum Gasteiger partial charge on any atom is -0.318 e. The lowest BCUT2D eigenvalue weighted by Crippen LogP contribution is -2.08. The fraction of sp³-hybridized carbons (Fsp3) is 0.150. The van der Waals surface area contributed by atoms with Crippen molar-refractivity contribution in [2.45, 2.75) is 20.4 Å². The van der Waals surface area contributed by atoms with Gasteiger partial charge in [-0.3, -0.25) is 4.99 Å². The average molecular weight is 339 g/mol. The second kappa shape index (κ2) is 5.60. The smallest absolute Gasteiger partial charge is 0.132 e. The highest BCUT2D eigenvalue weighted by Gasteiger charge is 2.22. The summed E-state index contributed by atoms with van der Waals surface area (Å²) in [6.45, 7) is 4.70. The number of aromatic nitrogens is 1. The minimum absolute atomic E-state index is 0.276. The van der Waals surface area contributed by atoms with Gasteiger partial charge in [0.1, 0.15) is 5.82 Å². The summed E-state index contributed by atoms with van der Waals surface area (Å²) in [5.41, 5.74) is 6.53. The van der Waals surface area contributed by atoms with Gasteiger partial charge in [-0.05, 0) is 55.3 Å². The summed E-state index contributed by atoms with van der Waals surface area (Å²) in [4.78, 5) is 4.75. The second-order valence-electron chi connectivity index (χ2n) is 6.06. The van der Waals surface area contributed by atoms with Gasteiger partial charge < -0.3 is 4.57 Å². The van der Waals surface area contributed by atoms with Gasteiger partial charge in [0.2, 0.25) is 0 Å². The first-order valence-corrected chi connectivity index (χ1v) is 8.21. The van der Waals surface area contributed by atoms with Gasteiger partial charge >= 0.3 is 0 Å². The van der Waals surface area contributed by atoms with E-state index in [4.69, 9.17) is 16.6 Å². The Kier molecular flexibility index (Phi) is 3.54. The molecular weight excluding hydrogens is 323 g/mol. The molecule has 0 unspecified atom stereocenters. The second-order valence-corrected chi connectivity index (χ2v) is 6.50. The first-order chi connectivity index (χ1) is 11.6. The molecule has 1 aliphatic heterocycles. The van der Waals surface area contributed by atoms with E-state index in [2.05, 4.69) is 24.6 Å². The number of nitrogens with zero attached hydrogens (tertiary/aromatic N) is 2.